The number of aryl methyl sites for hydroxylation is 1. The molecule has 0 aliphatic carbocycles. The molecule has 0 fully saturated rings. The Hall–Kier alpha value is -1.77. The first-order valence-electron chi connectivity index (χ1n) is 4.91. The van der Waals surface area contributed by atoms with E-state index in [9.17, 15) is 4.79 Å². The molecule has 1 N–H and O–H groups in total. The van der Waals surface area contributed by atoms with Gasteiger partial charge in [0.25, 0.3) is 0 Å². The van der Waals surface area contributed by atoms with Crippen LogP contribution in [0.15, 0.2) is 18.3 Å². The maximum Gasteiger partial charge on any atom is 0.166 e. The molecule has 2 heterocycles. The van der Waals surface area contributed by atoms with Crippen LogP contribution in [0.25, 0.3) is 11.4 Å². The lowest BCUT2D eigenvalue weighted by Gasteiger charge is -2.02. The lowest BCUT2D eigenvalue weighted by Crippen LogP contribution is -1.91. The average Bonchev–Trinajstić information content (AvgIpc) is 2.74. The van der Waals surface area contributed by atoms with Crippen molar-refractivity contribution in [3.05, 3.63) is 35.2 Å². The molecule has 0 saturated heterocycles. The molecular formula is C12H14N2O. The van der Waals surface area contributed by atoms with Gasteiger partial charge in [0, 0.05) is 13.2 Å². The molecule has 3 heteroatoms. The summed E-state index contributed by atoms with van der Waals surface area (Å²) in [5, 5.41) is 0. The lowest BCUT2D eigenvalue weighted by molar-refractivity contribution is 0.111. The molecule has 0 bridgehead atoms. The number of aromatic nitrogens is 2. The van der Waals surface area contributed by atoms with E-state index in [0.717, 1.165) is 28.8 Å². The van der Waals surface area contributed by atoms with Crippen molar-refractivity contribution in [1.29, 1.82) is 0 Å². The van der Waals surface area contributed by atoms with Crippen LogP contribution in [0.1, 0.15) is 21.6 Å². The monoisotopic (exact) mass is 202 g/mol. The predicted molar refractivity (Wildman–Crippen MR) is 60.1 cm³/mol. The number of hydrogen-bond acceptors (Lipinski definition) is 1. The van der Waals surface area contributed by atoms with Crippen molar-refractivity contribution in [2.24, 2.45) is 7.05 Å². The highest BCUT2D eigenvalue weighted by Crippen LogP contribution is 2.26. The highest BCUT2D eigenvalue weighted by molar-refractivity contribution is 5.79. The third kappa shape index (κ3) is 1.40. The number of aromatic amines is 1. The number of rotatable bonds is 2. The molecule has 2 aromatic heterocycles. The van der Waals surface area contributed by atoms with E-state index in [0.29, 0.717) is 5.69 Å². The Kier molecular flexibility index (Phi) is 2.23. The summed E-state index contributed by atoms with van der Waals surface area (Å²) in [5.74, 6) is 0. The second-order valence-electron chi connectivity index (χ2n) is 3.79. The molecular weight excluding hydrogens is 188 g/mol. The Balaban J connectivity index is 2.64. The van der Waals surface area contributed by atoms with E-state index in [1.165, 1.54) is 0 Å². The summed E-state index contributed by atoms with van der Waals surface area (Å²) >= 11 is 0. The van der Waals surface area contributed by atoms with Crippen LogP contribution < -0.4 is 0 Å². The van der Waals surface area contributed by atoms with Crippen molar-refractivity contribution >= 4 is 6.29 Å². The predicted octanol–water partition coefficient (Wildman–Crippen LogP) is 2.45. The Morgan fingerprint density at radius 1 is 1.33 bits per heavy atom. The first-order chi connectivity index (χ1) is 7.15. The van der Waals surface area contributed by atoms with E-state index in [4.69, 9.17) is 0 Å². The molecule has 0 atom stereocenters. The van der Waals surface area contributed by atoms with Crippen molar-refractivity contribution in [3.63, 3.8) is 0 Å². The van der Waals surface area contributed by atoms with Crippen LogP contribution in [0.3, 0.4) is 0 Å². The summed E-state index contributed by atoms with van der Waals surface area (Å²) in [7, 11) is 1.99. The normalized spacial score (nSPS) is 10.6. The summed E-state index contributed by atoms with van der Waals surface area (Å²) in [5.41, 5.74) is 4.97. The first kappa shape index (κ1) is 9.77. The molecule has 3 nitrogen and oxygen atoms in total. The Labute approximate surface area is 88.7 Å². The fourth-order valence-corrected chi connectivity index (χ4v) is 1.81. The average molecular weight is 202 g/mol. The largest absolute Gasteiger partial charge is 0.351 e. The van der Waals surface area contributed by atoms with Crippen molar-refractivity contribution in [2.75, 3.05) is 0 Å². The molecule has 15 heavy (non-hydrogen) atoms. The molecule has 0 unspecified atom stereocenters. The first-order valence-corrected chi connectivity index (χ1v) is 4.91. The zero-order chi connectivity index (χ0) is 11.0. The Morgan fingerprint density at radius 3 is 2.53 bits per heavy atom. The van der Waals surface area contributed by atoms with Gasteiger partial charge in [-0.3, -0.25) is 4.79 Å². The molecule has 2 aromatic rings. The van der Waals surface area contributed by atoms with Crippen molar-refractivity contribution < 1.29 is 4.79 Å². The molecule has 0 aliphatic heterocycles. The number of nitrogens with one attached hydrogen (secondary N) is 1. The minimum Gasteiger partial charge on any atom is -0.351 e. The van der Waals surface area contributed by atoms with E-state index < -0.39 is 0 Å². The van der Waals surface area contributed by atoms with Crippen LogP contribution in [-0.4, -0.2) is 15.8 Å². The summed E-state index contributed by atoms with van der Waals surface area (Å²) in [6, 6.07) is 4.03. The maximum atomic E-state index is 10.8. The number of carbonyl (C=O) groups is 1. The van der Waals surface area contributed by atoms with Crippen molar-refractivity contribution in [3.8, 4) is 11.4 Å². The lowest BCUT2D eigenvalue weighted by atomic mass is 10.1. The highest BCUT2D eigenvalue weighted by Gasteiger charge is 2.12. The Morgan fingerprint density at radius 2 is 2.07 bits per heavy atom. The van der Waals surface area contributed by atoms with E-state index in [2.05, 4.69) is 4.98 Å². The van der Waals surface area contributed by atoms with Crippen LogP contribution in [0.2, 0.25) is 0 Å². The quantitative estimate of drug-likeness (QED) is 0.746. The van der Waals surface area contributed by atoms with Crippen LogP contribution in [0.4, 0.5) is 0 Å². The van der Waals surface area contributed by atoms with Gasteiger partial charge in [0.1, 0.15) is 0 Å². The minimum absolute atomic E-state index is 0.670. The second kappa shape index (κ2) is 3.42. The van der Waals surface area contributed by atoms with Gasteiger partial charge in [-0.15, -0.1) is 0 Å². The van der Waals surface area contributed by atoms with E-state index in [1.54, 1.807) is 0 Å². The third-order valence-electron chi connectivity index (χ3n) is 2.92. The number of hydrogen-bond donors (Lipinski definition) is 1. The van der Waals surface area contributed by atoms with Gasteiger partial charge < -0.3 is 9.55 Å². The zero-order valence-corrected chi connectivity index (χ0v) is 9.16. The van der Waals surface area contributed by atoms with Gasteiger partial charge in [-0.1, -0.05) is 0 Å². The summed E-state index contributed by atoms with van der Waals surface area (Å²) in [6.07, 6.45) is 2.86. The van der Waals surface area contributed by atoms with Gasteiger partial charge in [0.05, 0.1) is 17.1 Å². The number of aldehydes is 1. The highest BCUT2D eigenvalue weighted by atomic mass is 16.1. The van der Waals surface area contributed by atoms with Crippen LogP contribution in [0.5, 0.6) is 0 Å². The SMILES string of the molecule is Cc1c(C=O)[nH]c(-c2cccn2C)c1C. The van der Waals surface area contributed by atoms with E-state index in [1.807, 2.05) is 43.8 Å². The van der Waals surface area contributed by atoms with Gasteiger partial charge in [-0.25, -0.2) is 0 Å². The van der Waals surface area contributed by atoms with Gasteiger partial charge in [-0.05, 0) is 37.1 Å². The molecule has 0 saturated carbocycles. The standard InChI is InChI=1S/C12H14N2O/c1-8-9(2)12(13-10(8)7-15)11-5-4-6-14(11)3/h4-7,13H,1-3H3. The minimum atomic E-state index is 0.670. The number of nitrogens with zero attached hydrogens (tertiary/aromatic N) is 1. The van der Waals surface area contributed by atoms with Gasteiger partial charge in [-0.2, -0.15) is 0 Å². The van der Waals surface area contributed by atoms with Gasteiger partial charge >= 0.3 is 0 Å². The summed E-state index contributed by atoms with van der Waals surface area (Å²) in [6.45, 7) is 3.99. The molecule has 0 radical (unpaired) electrons. The molecule has 0 aromatic carbocycles. The van der Waals surface area contributed by atoms with Crippen LogP contribution in [-0.2, 0) is 7.05 Å². The number of H-pyrrole nitrogens is 1. The van der Waals surface area contributed by atoms with Crippen molar-refractivity contribution in [2.45, 2.75) is 13.8 Å². The fourth-order valence-electron chi connectivity index (χ4n) is 1.81. The molecule has 0 aliphatic rings. The third-order valence-corrected chi connectivity index (χ3v) is 2.92. The molecule has 2 rings (SSSR count). The molecule has 78 valence electrons. The summed E-state index contributed by atoms with van der Waals surface area (Å²) < 4.78 is 2.03. The molecule has 0 amide bonds. The van der Waals surface area contributed by atoms with Crippen molar-refractivity contribution in [1.82, 2.24) is 9.55 Å². The summed E-state index contributed by atoms with van der Waals surface area (Å²) in [4.78, 5) is 14.0. The van der Waals surface area contributed by atoms with Gasteiger partial charge in [0.15, 0.2) is 6.29 Å². The smallest absolute Gasteiger partial charge is 0.166 e. The number of carbonyl (C=O) groups excluding carboxylic acids is 1. The topological polar surface area (TPSA) is 37.8 Å². The van der Waals surface area contributed by atoms with E-state index in [-0.39, 0.29) is 0 Å². The maximum absolute atomic E-state index is 10.8. The van der Waals surface area contributed by atoms with Gasteiger partial charge in [0.2, 0.25) is 0 Å². The van der Waals surface area contributed by atoms with E-state index >= 15 is 0 Å². The second-order valence-corrected chi connectivity index (χ2v) is 3.79. The van der Waals surface area contributed by atoms with Crippen LogP contribution in [0, 0.1) is 13.8 Å². The zero-order valence-electron chi connectivity index (χ0n) is 9.16. The Bertz CT molecular complexity index is 506. The fraction of sp³-hybridized carbons (Fsp3) is 0.250. The van der Waals surface area contributed by atoms with Crippen LogP contribution >= 0.6 is 0 Å². The molecule has 0 spiro atoms.